The van der Waals surface area contributed by atoms with E-state index in [9.17, 15) is 9.59 Å². The number of nitrogens with one attached hydrogen (secondary N) is 1. The Morgan fingerprint density at radius 2 is 2.06 bits per heavy atom. The van der Waals surface area contributed by atoms with Crippen LogP contribution in [0.1, 0.15) is 39.5 Å². The van der Waals surface area contributed by atoms with E-state index in [1.54, 1.807) is 0 Å². The van der Waals surface area contributed by atoms with Gasteiger partial charge in [-0.2, -0.15) is 0 Å². The predicted molar refractivity (Wildman–Crippen MR) is 74.7 cm³/mol. The minimum Gasteiger partial charge on any atom is -0.480 e. The van der Waals surface area contributed by atoms with Gasteiger partial charge in [0, 0.05) is 6.54 Å². The van der Waals surface area contributed by atoms with Gasteiger partial charge in [-0.15, -0.1) is 11.8 Å². The van der Waals surface area contributed by atoms with E-state index >= 15 is 0 Å². The van der Waals surface area contributed by atoms with Crippen LogP contribution in [0.3, 0.4) is 0 Å². The average Bonchev–Trinajstić information content (AvgIpc) is 2.33. The van der Waals surface area contributed by atoms with E-state index in [2.05, 4.69) is 12.2 Å². The van der Waals surface area contributed by atoms with E-state index < -0.39 is 12.0 Å². The SMILES string of the molecule is CCCCCNC(=O)C(C)SCCC(N)C(=O)O. The number of rotatable bonds is 10. The Balaban J connectivity index is 3.64. The summed E-state index contributed by atoms with van der Waals surface area (Å²) in [5, 5.41) is 11.3. The lowest BCUT2D eigenvalue weighted by molar-refractivity contribution is -0.138. The van der Waals surface area contributed by atoms with E-state index in [1.807, 2.05) is 6.92 Å². The maximum atomic E-state index is 11.6. The van der Waals surface area contributed by atoms with Crippen LogP contribution in [0.25, 0.3) is 0 Å². The normalized spacial score (nSPS) is 13.9. The summed E-state index contributed by atoms with van der Waals surface area (Å²) >= 11 is 1.44. The molecule has 0 aromatic heterocycles. The molecule has 0 saturated carbocycles. The molecule has 0 bridgehead atoms. The number of hydrogen-bond donors (Lipinski definition) is 3. The second-order valence-electron chi connectivity index (χ2n) is 4.24. The van der Waals surface area contributed by atoms with Gasteiger partial charge in [-0.05, 0) is 25.5 Å². The zero-order valence-electron chi connectivity index (χ0n) is 11.1. The van der Waals surface area contributed by atoms with Crippen LogP contribution in [0.15, 0.2) is 0 Å². The molecule has 0 rings (SSSR count). The van der Waals surface area contributed by atoms with Gasteiger partial charge in [0.1, 0.15) is 6.04 Å². The standard InChI is InChI=1S/C12H24N2O3S/c1-3-4-5-7-14-11(15)9(2)18-8-6-10(13)12(16)17/h9-10H,3-8,13H2,1-2H3,(H,14,15)(H,16,17). The molecule has 0 spiro atoms. The Bertz CT molecular complexity index is 262. The summed E-state index contributed by atoms with van der Waals surface area (Å²) in [4.78, 5) is 22.1. The third-order valence-corrected chi connectivity index (χ3v) is 3.75. The molecule has 2 atom stereocenters. The first-order chi connectivity index (χ1) is 8.49. The third-order valence-electron chi connectivity index (χ3n) is 2.56. The fraction of sp³-hybridized carbons (Fsp3) is 0.833. The van der Waals surface area contributed by atoms with Gasteiger partial charge in [0.25, 0.3) is 0 Å². The number of carboxylic acids is 1. The molecule has 0 saturated heterocycles. The quantitative estimate of drug-likeness (QED) is 0.522. The average molecular weight is 276 g/mol. The van der Waals surface area contributed by atoms with Crippen LogP contribution in [0, 0.1) is 0 Å². The van der Waals surface area contributed by atoms with Crippen LogP contribution in [-0.2, 0) is 9.59 Å². The molecule has 1 amide bonds. The second kappa shape index (κ2) is 10.2. The summed E-state index contributed by atoms with van der Waals surface area (Å²) < 4.78 is 0. The number of amides is 1. The van der Waals surface area contributed by atoms with E-state index in [0.717, 1.165) is 19.3 Å². The van der Waals surface area contributed by atoms with E-state index in [1.165, 1.54) is 11.8 Å². The van der Waals surface area contributed by atoms with Crippen molar-refractivity contribution in [1.29, 1.82) is 0 Å². The maximum Gasteiger partial charge on any atom is 0.320 e. The fourth-order valence-electron chi connectivity index (χ4n) is 1.30. The van der Waals surface area contributed by atoms with Gasteiger partial charge in [-0.3, -0.25) is 9.59 Å². The lowest BCUT2D eigenvalue weighted by atomic mass is 10.2. The Morgan fingerprint density at radius 1 is 1.39 bits per heavy atom. The van der Waals surface area contributed by atoms with Crippen molar-refractivity contribution in [3.05, 3.63) is 0 Å². The van der Waals surface area contributed by atoms with Crippen molar-refractivity contribution < 1.29 is 14.7 Å². The molecule has 4 N–H and O–H groups in total. The predicted octanol–water partition coefficient (Wildman–Crippen LogP) is 1.22. The van der Waals surface area contributed by atoms with Crippen LogP contribution < -0.4 is 11.1 Å². The molecule has 0 aromatic carbocycles. The monoisotopic (exact) mass is 276 g/mol. The highest BCUT2D eigenvalue weighted by Crippen LogP contribution is 2.12. The minimum atomic E-state index is -0.993. The van der Waals surface area contributed by atoms with Crippen molar-refractivity contribution >= 4 is 23.6 Å². The van der Waals surface area contributed by atoms with Crippen LogP contribution in [0.4, 0.5) is 0 Å². The highest BCUT2D eigenvalue weighted by atomic mass is 32.2. The van der Waals surface area contributed by atoms with E-state index in [4.69, 9.17) is 10.8 Å². The summed E-state index contributed by atoms with van der Waals surface area (Å²) in [6, 6.07) is -0.836. The molecule has 0 fully saturated rings. The van der Waals surface area contributed by atoms with E-state index in [0.29, 0.717) is 18.7 Å². The Labute approximate surface area is 113 Å². The first-order valence-corrected chi connectivity index (χ1v) is 7.41. The number of carbonyl (C=O) groups is 2. The van der Waals surface area contributed by atoms with Crippen molar-refractivity contribution in [3.63, 3.8) is 0 Å². The number of carboxylic acid groups (broad SMARTS) is 1. The molecular formula is C12H24N2O3S. The van der Waals surface area contributed by atoms with E-state index in [-0.39, 0.29) is 11.2 Å². The fourth-order valence-corrected chi connectivity index (χ4v) is 2.28. The lowest BCUT2D eigenvalue weighted by Crippen LogP contribution is -2.33. The molecule has 0 heterocycles. The highest BCUT2D eigenvalue weighted by Gasteiger charge is 2.15. The third kappa shape index (κ3) is 8.36. The molecule has 6 heteroatoms. The zero-order chi connectivity index (χ0) is 14.0. The molecule has 0 aliphatic heterocycles. The number of carbonyl (C=O) groups excluding carboxylic acids is 1. The summed E-state index contributed by atoms with van der Waals surface area (Å²) in [5.74, 6) is -0.399. The number of unbranched alkanes of at least 4 members (excludes halogenated alkanes) is 2. The molecule has 18 heavy (non-hydrogen) atoms. The maximum absolute atomic E-state index is 11.6. The van der Waals surface area contributed by atoms with Crippen LogP contribution in [0.5, 0.6) is 0 Å². The molecule has 0 aliphatic rings. The highest BCUT2D eigenvalue weighted by molar-refractivity contribution is 8.00. The van der Waals surface area contributed by atoms with Crippen molar-refractivity contribution in [2.45, 2.75) is 50.8 Å². The lowest BCUT2D eigenvalue weighted by Gasteiger charge is -2.12. The summed E-state index contributed by atoms with van der Waals surface area (Å²) in [6.45, 7) is 4.66. The van der Waals surface area contributed by atoms with Gasteiger partial charge in [-0.1, -0.05) is 19.8 Å². The Morgan fingerprint density at radius 3 is 2.61 bits per heavy atom. The summed E-state index contributed by atoms with van der Waals surface area (Å²) in [6.07, 6.45) is 3.64. The number of thioether (sulfide) groups is 1. The largest absolute Gasteiger partial charge is 0.480 e. The van der Waals surface area contributed by atoms with Gasteiger partial charge in [-0.25, -0.2) is 0 Å². The molecular weight excluding hydrogens is 252 g/mol. The van der Waals surface area contributed by atoms with Crippen LogP contribution >= 0.6 is 11.8 Å². The topological polar surface area (TPSA) is 92.4 Å². The Hall–Kier alpha value is -0.750. The van der Waals surface area contributed by atoms with Gasteiger partial charge < -0.3 is 16.2 Å². The van der Waals surface area contributed by atoms with Crippen molar-refractivity contribution in [2.24, 2.45) is 5.73 Å². The second-order valence-corrected chi connectivity index (χ2v) is 5.69. The Kier molecular flexibility index (Phi) is 9.77. The molecule has 0 aromatic rings. The van der Waals surface area contributed by atoms with Crippen molar-refractivity contribution in [3.8, 4) is 0 Å². The zero-order valence-corrected chi connectivity index (χ0v) is 12.0. The van der Waals surface area contributed by atoms with Crippen LogP contribution in [0.2, 0.25) is 0 Å². The number of hydrogen-bond acceptors (Lipinski definition) is 4. The smallest absolute Gasteiger partial charge is 0.320 e. The van der Waals surface area contributed by atoms with Gasteiger partial charge >= 0.3 is 5.97 Å². The first-order valence-electron chi connectivity index (χ1n) is 6.36. The molecule has 0 radical (unpaired) electrons. The molecule has 2 unspecified atom stereocenters. The van der Waals surface area contributed by atoms with Crippen molar-refractivity contribution in [2.75, 3.05) is 12.3 Å². The summed E-state index contributed by atoms with van der Waals surface area (Å²) in [7, 11) is 0. The number of aliphatic carboxylic acids is 1. The van der Waals surface area contributed by atoms with Crippen LogP contribution in [-0.4, -0.2) is 40.6 Å². The molecule has 0 aliphatic carbocycles. The molecule has 106 valence electrons. The van der Waals surface area contributed by atoms with Crippen molar-refractivity contribution in [1.82, 2.24) is 5.32 Å². The summed E-state index contributed by atoms with van der Waals surface area (Å²) in [5.41, 5.74) is 5.38. The minimum absolute atomic E-state index is 0.0139. The molecule has 5 nitrogen and oxygen atoms in total. The van der Waals surface area contributed by atoms with Gasteiger partial charge in [0.15, 0.2) is 0 Å². The van der Waals surface area contributed by atoms with Gasteiger partial charge in [0.05, 0.1) is 5.25 Å². The van der Waals surface area contributed by atoms with Gasteiger partial charge in [0.2, 0.25) is 5.91 Å². The number of nitrogens with two attached hydrogens (primary N) is 1. The first kappa shape index (κ1) is 17.2.